The molecular weight excluding hydrogens is 1120 g/mol. The van der Waals surface area contributed by atoms with Crippen molar-refractivity contribution in [3.63, 3.8) is 0 Å². The maximum absolute atomic E-state index is 14.6. The zero-order chi connectivity index (χ0) is 63.7. The lowest BCUT2D eigenvalue weighted by atomic mass is 9.77. The van der Waals surface area contributed by atoms with Gasteiger partial charge in [0.15, 0.2) is 31.1 Å². The molecule has 4 heterocycles. The number of amides is 1. The summed E-state index contributed by atoms with van der Waals surface area (Å²) in [5, 5.41) is 54.1. The molecule has 4 aliphatic rings. The normalized spacial score (nSPS) is 35.3. The van der Waals surface area contributed by atoms with Gasteiger partial charge in [0.2, 0.25) is 5.43 Å². The molecule has 24 nitrogen and oxygen atoms in total. The molecule has 18 atom stereocenters. The molecule has 1 aromatic carbocycles. The van der Waals surface area contributed by atoms with Crippen molar-refractivity contribution in [2.75, 3.05) is 73.0 Å². The number of fused-ring (bicyclic) bond motifs is 1. The number of Topliss-reactive ketones (excluding diaryl/α,β-unsaturated/α-hetero) is 1. The highest BCUT2D eigenvalue weighted by Gasteiger charge is 2.54. The molecule has 3 aliphatic heterocycles. The predicted octanol–water partition coefficient (Wildman–Crippen LogP) is 3.87. The number of ether oxygens (including phenoxy) is 9. The minimum Gasteiger partial charge on any atom is -0.459 e. The van der Waals surface area contributed by atoms with E-state index in [1.807, 2.05) is 55.4 Å². The Hall–Kier alpha value is -4.70. The van der Waals surface area contributed by atoms with Crippen LogP contribution in [0.15, 0.2) is 29.2 Å². The van der Waals surface area contributed by atoms with Crippen molar-refractivity contribution in [3.8, 4) is 0 Å². The molecule has 0 unspecified atom stereocenters. The molecule has 0 radical (unpaired) electrons. The smallest absolute Gasteiger partial charge is 0.344 e. The highest BCUT2D eigenvalue weighted by atomic mass is 16.7. The number of ketones is 1. The third-order valence-corrected chi connectivity index (χ3v) is 17.9. The number of benzene rings is 1. The van der Waals surface area contributed by atoms with Gasteiger partial charge in [-0.2, -0.15) is 0 Å². The molecule has 6 rings (SSSR count). The number of hydrogen-bond donors (Lipinski definition) is 6. The minimum atomic E-state index is -1.88. The van der Waals surface area contributed by atoms with Gasteiger partial charge in [-0.15, -0.1) is 0 Å². The average Bonchev–Trinajstić information content (AvgIpc) is 1.98. The number of pyridine rings is 1. The van der Waals surface area contributed by atoms with Crippen LogP contribution in [0.2, 0.25) is 0 Å². The number of hydrogen-bond acceptors (Lipinski definition) is 22. The SMILES string of the molecule is CCC(=O)CNC(=O)COC(=O)c1cn(C2CC2)c2ccc(NCCOCCC(=O)O[C@H]3[C@H](C)O[C@@H](O[C@H]4[C@H](C)[C@@H](O[C@@H]5O[C@H](C)C[C@H](N(C)C)[C@H]5O)[C@](C)(O)C[C@@H](C)CN(C)[C@H](C)[C@@H](O)[C@](C)(O)[C@@H](CC)OC(=O)[C@@H]4C)C[C@@]3(C)OC)cc2c1=O. The van der Waals surface area contributed by atoms with E-state index in [0.717, 1.165) is 12.8 Å². The summed E-state index contributed by atoms with van der Waals surface area (Å²) in [7, 11) is 7.03. The summed E-state index contributed by atoms with van der Waals surface area (Å²) in [6.45, 7) is 19.1. The highest BCUT2D eigenvalue weighted by molar-refractivity contribution is 5.96. The number of carbonyl (C=O) groups is 5. The number of cyclic esters (lactones) is 1. The molecule has 24 heteroatoms. The van der Waals surface area contributed by atoms with Crippen molar-refractivity contribution in [2.45, 2.75) is 224 Å². The fraction of sp³-hybridized carbons (Fsp3) is 0.774. The van der Waals surface area contributed by atoms with Crippen LogP contribution in [-0.2, 0) is 61.8 Å². The number of esters is 3. The number of carbonyl (C=O) groups excluding carboxylic acids is 5. The number of nitrogens with one attached hydrogen (secondary N) is 2. The van der Waals surface area contributed by atoms with Crippen LogP contribution >= 0.6 is 0 Å². The van der Waals surface area contributed by atoms with Gasteiger partial charge in [-0.25, -0.2) is 4.79 Å². The summed E-state index contributed by atoms with van der Waals surface area (Å²) in [5.41, 5.74) is -4.31. The van der Waals surface area contributed by atoms with Crippen LogP contribution in [0.25, 0.3) is 10.9 Å². The fourth-order valence-corrected chi connectivity index (χ4v) is 12.5. The lowest BCUT2D eigenvalue weighted by Crippen LogP contribution is -2.61. The first-order valence-corrected chi connectivity index (χ1v) is 30.6. The second-order valence-corrected chi connectivity index (χ2v) is 25.4. The van der Waals surface area contributed by atoms with Crippen molar-refractivity contribution in [1.29, 1.82) is 0 Å². The largest absolute Gasteiger partial charge is 0.459 e. The van der Waals surface area contributed by atoms with Crippen molar-refractivity contribution in [2.24, 2.45) is 17.8 Å². The Bertz CT molecular complexity index is 2680. The van der Waals surface area contributed by atoms with Crippen molar-refractivity contribution in [3.05, 3.63) is 40.2 Å². The van der Waals surface area contributed by atoms with Gasteiger partial charge < -0.3 is 88.1 Å². The number of aliphatic hydroxyl groups is 4. The zero-order valence-corrected chi connectivity index (χ0v) is 53.2. The summed E-state index contributed by atoms with van der Waals surface area (Å²) in [4.78, 5) is 82.6. The van der Waals surface area contributed by atoms with E-state index in [1.54, 1.807) is 67.5 Å². The summed E-state index contributed by atoms with van der Waals surface area (Å²) >= 11 is 0. The van der Waals surface area contributed by atoms with Crippen LogP contribution in [0.4, 0.5) is 5.69 Å². The number of rotatable bonds is 22. The van der Waals surface area contributed by atoms with Gasteiger partial charge in [-0.3, -0.25) is 24.0 Å². The number of anilines is 1. The predicted molar refractivity (Wildman–Crippen MR) is 317 cm³/mol. The van der Waals surface area contributed by atoms with E-state index in [2.05, 4.69) is 10.6 Å². The third-order valence-electron chi connectivity index (χ3n) is 17.9. The molecule has 86 heavy (non-hydrogen) atoms. The number of aromatic nitrogens is 1. The lowest BCUT2D eigenvalue weighted by molar-refractivity contribution is -0.318. The summed E-state index contributed by atoms with van der Waals surface area (Å²) in [6.07, 6.45) is -6.11. The monoisotopic (exact) mass is 1220 g/mol. The topological polar surface area (TPSA) is 302 Å². The summed E-state index contributed by atoms with van der Waals surface area (Å²) in [6, 6.07) is 4.40. The molecule has 3 saturated heterocycles. The van der Waals surface area contributed by atoms with Gasteiger partial charge in [0, 0.05) is 74.4 Å². The van der Waals surface area contributed by atoms with Crippen molar-refractivity contribution >= 4 is 46.2 Å². The average molecular weight is 1220 g/mol. The molecule has 1 aromatic heterocycles. The minimum absolute atomic E-state index is 0.000121. The fourth-order valence-electron chi connectivity index (χ4n) is 12.5. The van der Waals surface area contributed by atoms with Gasteiger partial charge in [0.25, 0.3) is 5.91 Å². The first kappa shape index (κ1) is 70.4. The molecule has 0 bridgehead atoms. The Balaban J connectivity index is 1.13. The second kappa shape index (κ2) is 30.2. The van der Waals surface area contributed by atoms with Crippen LogP contribution in [0, 0.1) is 17.8 Å². The van der Waals surface area contributed by atoms with E-state index in [1.165, 1.54) is 20.2 Å². The Morgan fingerprint density at radius 1 is 0.919 bits per heavy atom. The van der Waals surface area contributed by atoms with Crippen LogP contribution < -0.4 is 16.1 Å². The standard InChI is InChI=1S/C62H99N5O19/c1-16-42(68)30-64-48(69)33-80-58(75)44-32-67(41-19-20-41)45-21-18-40(27-43(45)51(44)71)63-23-25-79-24-22-49(70)84-56-39(8)82-50(29-61(56,10)78-15)85-53-36(5)55(86-59-52(72)46(65(12)13)26-35(4)81-59)60(9,76)28-34(3)31-66(14)38(7)54(73)62(11,77)47(17-2)83-57(74)37(53)6/h18,21,27,32,34-39,41,46-47,50,52-56,59,63,72-73,76-77H,16-17,19-20,22-26,28-31,33H2,1-15H3,(H,64,69)/t34-,35-,36+,37-,38-,39+,46+,47-,50+,52-,53+,54-,55-,56+,59+,60-,61-,62-/m1/s1. The quantitative estimate of drug-likeness (QED) is 0.0554. The molecule has 1 aliphatic carbocycles. The lowest BCUT2D eigenvalue weighted by Gasteiger charge is -2.49. The summed E-state index contributed by atoms with van der Waals surface area (Å²) < 4.78 is 57.7. The number of likely N-dealkylation sites (N-methyl/N-ethyl adjacent to an activating group) is 2. The van der Waals surface area contributed by atoms with E-state index < -0.39 is 126 Å². The van der Waals surface area contributed by atoms with Crippen LogP contribution in [0.1, 0.15) is 144 Å². The molecule has 2 aromatic rings. The Kier molecular flexibility index (Phi) is 24.7. The maximum atomic E-state index is 14.6. The van der Waals surface area contributed by atoms with E-state index in [9.17, 15) is 49.2 Å². The molecule has 0 spiro atoms. The Morgan fingerprint density at radius 2 is 1.62 bits per heavy atom. The van der Waals surface area contributed by atoms with E-state index in [-0.39, 0.29) is 99.2 Å². The van der Waals surface area contributed by atoms with Crippen LogP contribution in [0.3, 0.4) is 0 Å². The number of nitrogens with zero attached hydrogens (tertiary/aromatic N) is 3. The van der Waals surface area contributed by atoms with Gasteiger partial charge >= 0.3 is 17.9 Å². The first-order valence-electron chi connectivity index (χ1n) is 30.6. The Labute approximate surface area is 506 Å². The zero-order valence-electron chi connectivity index (χ0n) is 53.2. The molecule has 1 amide bonds. The molecule has 6 N–H and O–H groups in total. The van der Waals surface area contributed by atoms with E-state index in [0.29, 0.717) is 24.2 Å². The van der Waals surface area contributed by atoms with Gasteiger partial charge in [0.05, 0.1) is 67.6 Å². The van der Waals surface area contributed by atoms with Gasteiger partial charge in [-0.05, 0) is 126 Å². The third kappa shape index (κ3) is 17.4. The van der Waals surface area contributed by atoms with Gasteiger partial charge in [-0.1, -0.05) is 27.7 Å². The number of aliphatic hydroxyl groups excluding tert-OH is 2. The van der Waals surface area contributed by atoms with E-state index >= 15 is 0 Å². The molecule has 4 fully saturated rings. The van der Waals surface area contributed by atoms with Crippen LogP contribution in [0.5, 0.6) is 0 Å². The van der Waals surface area contributed by atoms with Crippen molar-refractivity contribution in [1.82, 2.24) is 19.7 Å². The van der Waals surface area contributed by atoms with Gasteiger partial charge in [0.1, 0.15) is 35.1 Å². The second-order valence-electron chi connectivity index (χ2n) is 25.4. The van der Waals surface area contributed by atoms with Crippen LogP contribution in [-0.4, -0.2) is 222 Å². The molecule has 1 saturated carbocycles. The highest BCUT2D eigenvalue weighted by Crippen LogP contribution is 2.42. The Morgan fingerprint density at radius 3 is 2.26 bits per heavy atom. The molecular formula is C62H99N5O19. The van der Waals surface area contributed by atoms with E-state index in [4.69, 9.17) is 42.6 Å². The summed E-state index contributed by atoms with van der Waals surface area (Å²) in [5.74, 6) is -5.34. The van der Waals surface area contributed by atoms with Crippen molar-refractivity contribution < 1.29 is 87.0 Å². The number of methoxy groups -OCH3 is 1. The maximum Gasteiger partial charge on any atom is 0.344 e. The first-order chi connectivity index (χ1) is 40.4. The molecule has 486 valence electrons.